The summed E-state index contributed by atoms with van der Waals surface area (Å²) in [5, 5.41) is 2.87. The average molecular weight is 299 g/mol. The number of carbonyl (C=O) groups excluding carboxylic acids is 1. The zero-order valence-electron chi connectivity index (χ0n) is 12.2. The molecule has 0 saturated heterocycles. The van der Waals surface area contributed by atoms with Crippen molar-refractivity contribution in [3.8, 4) is 5.75 Å². The summed E-state index contributed by atoms with van der Waals surface area (Å²) >= 11 is 0. The lowest BCUT2D eigenvalue weighted by atomic mass is 9.96. The fourth-order valence-electron chi connectivity index (χ4n) is 2.66. The molecule has 0 fully saturated rings. The van der Waals surface area contributed by atoms with E-state index in [2.05, 4.69) is 5.32 Å². The number of hydrogen-bond donors (Lipinski definition) is 1. The summed E-state index contributed by atoms with van der Waals surface area (Å²) in [5.74, 6) is 0.674. The number of hydrogen-bond acceptors (Lipinski definition) is 2. The molecule has 22 heavy (non-hydrogen) atoms. The monoisotopic (exact) mass is 299 g/mol. The summed E-state index contributed by atoms with van der Waals surface area (Å²) in [6.07, 6.45) is 0.951. The summed E-state index contributed by atoms with van der Waals surface area (Å²) in [5.41, 5.74) is 1.59. The Morgan fingerprint density at radius 1 is 1.18 bits per heavy atom. The Labute approximate surface area is 129 Å². The van der Waals surface area contributed by atoms with Crippen LogP contribution in [0, 0.1) is 11.7 Å². The lowest BCUT2D eigenvalue weighted by molar-refractivity contribution is -0.120. The van der Waals surface area contributed by atoms with E-state index in [-0.39, 0.29) is 24.1 Å². The van der Waals surface area contributed by atoms with Crippen molar-refractivity contribution in [3.63, 3.8) is 0 Å². The van der Waals surface area contributed by atoms with Gasteiger partial charge in [0, 0.05) is 12.5 Å². The third-order valence-electron chi connectivity index (χ3n) is 3.85. The number of fused-ring (bicyclic) bond motifs is 1. The number of para-hydroxylation sites is 1. The van der Waals surface area contributed by atoms with Gasteiger partial charge in [-0.1, -0.05) is 36.4 Å². The molecule has 0 radical (unpaired) electrons. The van der Waals surface area contributed by atoms with E-state index >= 15 is 0 Å². The highest BCUT2D eigenvalue weighted by atomic mass is 19.1. The van der Waals surface area contributed by atoms with Crippen molar-refractivity contribution in [3.05, 3.63) is 65.5 Å². The number of amides is 1. The highest BCUT2D eigenvalue weighted by Crippen LogP contribution is 2.26. The van der Waals surface area contributed by atoms with Gasteiger partial charge in [0.2, 0.25) is 5.91 Å². The van der Waals surface area contributed by atoms with Crippen molar-refractivity contribution in [2.45, 2.75) is 12.8 Å². The quantitative estimate of drug-likeness (QED) is 0.942. The van der Waals surface area contributed by atoms with E-state index < -0.39 is 0 Å². The van der Waals surface area contributed by atoms with E-state index in [1.165, 1.54) is 11.6 Å². The van der Waals surface area contributed by atoms with Gasteiger partial charge in [0.1, 0.15) is 11.6 Å². The molecular formula is C18H18FNO2. The van der Waals surface area contributed by atoms with E-state index in [0.717, 1.165) is 12.2 Å². The SMILES string of the molecule is O=C(Cc1ccccc1F)NCC1COc2ccccc2C1. The summed E-state index contributed by atoms with van der Waals surface area (Å²) in [4.78, 5) is 11.9. The first kappa shape index (κ1) is 14.6. The fourth-order valence-corrected chi connectivity index (χ4v) is 2.66. The van der Waals surface area contributed by atoms with Gasteiger partial charge in [-0.25, -0.2) is 4.39 Å². The van der Waals surface area contributed by atoms with Crippen LogP contribution in [0.3, 0.4) is 0 Å². The molecule has 1 amide bonds. The molecule has 0 bridgehead atoms. The van der Waals surface area contributed by atoms with Crippen molar-refractivity contribution in [1.82, 2.24) is 5.32 Å². The average Bonchev–Trinajstić information content (AvgIpc) is 2.55. The van der Waals surface area contributed by atoms with Crippen LogP contribution in [-0.4, -0.2) is 19.1 Å². The maximum absolute atomic E-state index is 13.5. The van der Waals surface area contributed by atoms with Crippen LogP contribution < -0.4 is 10.1 Å². The zero-order valence-corrected chi connectivity index (χ0v) is 12.2. The predicted octanol–water partition coefficient (Wildman–Crippen LogP) is 2.74. The van der Waals surface area contributed by atoms with Crippen LogP contribution in [-0.2, 0) is 17.6 Å². The van der Waals surface area contributed by atoms with Gasteiger partial charge >= 0.3 is 0 Å². The van der Waals surface area contributed by atoms with Crippen LogP contribution in [0.4, 0.5) is 4.39 Å². The van der Waals surface area contributed by atoms with Gasteiger partial charge in [-0.05, 0) is 29.7 Å². The number of halogens is 1. The minimum atomic E-state index is -0.340. The van der Waals surface area contributed by atoms with Gasteiger partial charge in [0.25, 0.3) is 0 Å². The highest BCUT2D eigenvalue weighted by molar-refractivity contribution is 5.78. The molecule has 4 heteroatoms. The molecule has 3 rings (SSSR count). The first-order valence-electron chi connectivity index (χ1n) is 7.43. The minimum Gasteiger partial charge on any atom is -0.493 e. The zero-order chi connectivity index (χ0) is 15.4. The minimum absolute atomic E-state index is 0.0663. The molecule has 1 aliphatic rings. The third-order valence-corrected chi connectivity index (χ3v) is 3.85. The van der Waals surface area contributed by atoms with Crippen LogP contribution in [0.5, 0.6) is 5.75 Å². The molecule has 2 aromatic carbocycles. The van der Waals surface area contributed by atoms with Gasteiger partial charge in [0.15, 0.2) is 0 Å². The highest BCUT2D eigenvalue weighted by Gasteiger charge is 2.20. The largest absolute Gasteiger partial charge is 0.493 e. The first-order valence-corrected chi connectivity index (χ1v) is 7.43. The molecule has 1 atom stereocenters. The van der Waals surface area contributed by atoms with E-state index in [4.69, 9.17) is 4.74 Å². The van der Waals surface area contributed by atoms with Crippen LogP contribution in [0.1, 0.15) is 11.1 Å². The van der Waals surface area contributed by atoms with Crippen LogP contribution in [0.25, 0.3) is 0 Å². The number of rotatable bonds is 4. The number of carbonyl (C=O) groups is 1. The Morgan fingerprint density at radius 2 is 1.95 bits per heavy atom. The lowest BCUT2D eigenvalue weighted by Gasteiger charge is -2.25. The summed E-state index contributed by atoms with van der Waals surface area (Å²) in [6, 6.07) is 14.3. The second-order valence-corrected chi connectivity index (χ2v) is 5.56. The standard InChI is InChI=1S/C18H18FNO2/c19-16-7-3-1-5-14(16)10-18(21)20-11-13-9-15-6-2-4-8-17(15)22-12-13/h1-8,13H,9-12H2,(H,20,21). The lowest BCUT2D eigenvalue weighted by Crippen LogP contribution is -2.35. The molecule has 1 heterocycles. The molecule has 0 aromatic heterocycles. The summed E-state index contributed by atoms with van der Waals surface area (Å²) in [7, 11) is 0. The van der Waals surface area contributed by atoms with E-state index in [9.17, 15) is 9.18 Å². The maximum atomic E-state index is 13.5. The van der Waals surface area contributed by atoms with Crippen LogP contribution in [0.2, 0.25) is 0 Å². The molecule has 1 unspecified atom stereocenters. The van der Waals surface area contributed by atoms with Crippen LogP contribution in [0.15, 0.2) is 48.5 Å². The van der Waals surface area contributed by atoms with E-state index in [1.807, 2.05) is 24.3 Å². The topological polar surface area (TPSA) is 38.3 Å². The Kier molecular flexibility index (Phi) is 4.37. The summed E-state index contributed by atoms with van der Waals surface area (Å²) in [6.45, 7) is 1.14. The summed E-state index contributed by atoms with van der Waals surface area (Å²) < 4.78 is 19.2. The van der Waals surface area contributed by atoms with Gasteiger partial charge in [-0.2, -0.15) is 0 Å². The number of nitrogens with one attached hydrogen (secondary N) is 1. The molecule has 1 aliphatic heterocycles. The van der Waals surface area contributed by atoms with Crippen LogP contribution >= 0.6 is 0 Å². The molecule has 0 saturated carbocycles. The van der Waals surface area contributed by atoms with Crippen molar-refractivity contribution in [2.75, 3.05) is 13.2 Å². The third kappa shape index (κ3) is 3.45. The number of ether oxygens (including phenoxy) is 1. The molecule has 2 aromatic rings. The second kappa shape index (κ2) is 6.60. The molecule has 1 N–H and O–H groups in total. The number of benzene rings is 2. The van der Waals surface area contributed by atoms with Crippen molar-refractivity contribution in [1.29, 1.82) is 0 Å². The molecule has 0 spiro atoms. The first-order chi connectivity index (χ1) is 10.7. The molecular weight excluding hydrogens is 281 g/mol. The van der Waals surface area contributed by atoms with E-state index in [0.29, 0.717) is 18.7 Å². The molecule has 114 valence electrons. The molecule has 3 nitrogen and oxygen atoms in total. The fraction of sp³-hybridized carbons (Fsp3) is 0.278. The van der Waals surface area contributed by atoms with Crippen molar-refractivity contribution < 1.29 is 13.9 Å². The van der Waals surface area contributed by atoms with E-state index in [1.54, 1.807) is 18.2 Å². The van der Waals surface area contributed by atoms with Crippen molar-refractivity contribution in [2.24, 2.45) is 5.92 Å². The van der Waals surface area contributed by atoms with Gasteiger partial charge < -0.3 is 10.1 Å². The maximum Gasteiger partial charge on any atom is 0.224 e. The second-order valence-electron chi connectivity index (χ2n) is 5.56. The van der Waals surface area contributed by atoms with Gasteiger partial charge in [-0.3, -0.25) is 4.79 Å². The van der Waals surface area contributed by atoms with Crippen molar-refractivity contribution >= 4 is 5.91 Å². The Hall–Kier alpha value is -2.36. The smallest absolute Gasteiger partial charge is 0.224 e. The van der Waals surface area contributed by atoms with Gasteiger partial charge in [0.05, 0.1) is 13.0 Å². The molecule has 0 aliphatic carbocycles. The Balaban J connectivity index is 1.51. The predicted molar refractivity (Wildman–Crippen MR) is 82.2 cm³/mol. The Morgan fingerprint density at radius 3 is 2.82 bits per heavy atom. The Bertz CT molecular complexity index is 672. The van der Waals surface area contributed by atoms with Gasteiger partial charge in [-0.15, -0.1) is 0 Å². The normalized spacial score (nSPS) is 16.5.